The number of carbonyl (C=O) groups excluding carboxylic acids is 1. The Hall–Kier alpha value is -3.67. The fourth-order valence-corrected chi connectivity index (χ4v) is 2.15. The molecule has 0 aliphatic carbocycles. The summed E-state index contributed by atoms with van der Waals surface area (Å²) < 4.78 is 5.93. The number of quaternary nitrogens is 1. The van der Waals surface area contributed by atoms with Crippen molar-refractivity contribution in [2.24, 2.45) is 5.10 Å². The molecule has 0 unspecified atom stereocenters. The Balaban J connectivity index is 1.84. The monoisotopic (exact) mass is 357 g/mol. The summed E-state index contributed by atoms with van der Waals surface area (Å²) in [5, 5.41) is 19.0. The second kappa shape index (κ2) is 7.48. The van der Waals surface area contributed by atoms with Gasteiger partial charge in [-0.3, -0.25) is 9.78 Å². The molecule has 0 fully saturated rings. The second-order valence-electron chi connectivity index (χ2n) is 5.63. The van der Waals surface area contributed by atoms with Crippen LogP contribution in [-0.4, -0.2) is 56.5 Å². The summed E-state index contributed by atoms with van der Waals surface area (Å²) in [4.78, 5) is 17.4. The lowest BCUT2D eigenvalue weighted by Crippen LogP contribution is -3.04. The molecule has 3 heterocycles. The Morgan fingerprint density at radius 1 is 1.38 bits per heavy atom. The highest BCUT2D eigenvalue weighted by atomic mass is 16.6. The van der Waals surface area contributed by atoms with E-state index in [1.54, 1.807) is 24.5 Å². The molecule has 3 aromatic heterocycles. The van der Waals surface area contributed by atoms with E-state index in [0.29, 0.717) is 12.2 Å². The molecular formula is C14H17N10O2+. The maximum Gasteiger partial charge on any atom is 0.294 e. The Morgan fingerprint density at radius 2 is 2.15 bits per heavy atom. The molecule has 0 aliphatic heterocycles. The highest BCUT2D eigenvalue weighted by Crippen LogP contribution is 2.15. The topological polar surface area (TPSA) is 154 Å². The molecule has 12 nitrogen and oxygen atoms in total. The zero-order valence-corrected chi connectivity index (χ0v) is 14.1. The number of hydrogen-bond acceptors (Lipinski definition) is 9. The predicted octanol–water partition coefficient (Wildman–Crippen LogP) is -1.96. The van der Waals surface area contributed by atoms with Gasteiger partial charge in [0, 0.05) is 12.4 Å². The number of rotatable bonds is 6. The van der Waals surface area contributed by atoms with E-state index in [4.69, 9.17) is 5.73 Å². The van der Waals surface area contributed by atoms with Crippen molar-refractivity contribution in [3.8, 4) is 5.82 Å². The first-order valence-electron chi connectivity index (χ1n) is 7.61. The van der Waals surface area contributed by atoms with Gasteiger partial charge in [-0.25, -0.2) is 10.1 Å². The van der Waals surface area contributed by atoms with Gasteiger partial charge < -0.3 is 10.6 Å². The summed E-state index contributed by atoms with van der Waals surface area (Å²) in [5.41, 5.74) is 9.55. The van der Waals surface area contributed by atoms with Crippen molar-refractivity contribution in [1.29, 1.82) is 0 Å². The van der Waals surface area contributed by atoms with Gasteiger partial charge in [-0.1, -0.05) is 5.21 Å². The molecule has 0 bridgehead atoms. The Morgan fingerprint density at radius 3 is 2.81 bits per heavy atom. The Labute approximate surface area is 147 Å². The zero-order valence-electron chi connectivity index (χ0n) is 14.1. The van der Waals surface area contributed by atoms with Gasteiger partial charge in [-0.2, -0.15) is 9.78 Å². The highest BCUT2D eigenvalue weighted by Gasteiger charge is 2.25. The molecule has 0 atom stereocenters. The van der Waals surface area contributed by atoms with Crippen LogP contribution in [0.2, 0.25) is 0 Å². The number of nitrogens with zero attached hydrogens (tertiary/aromatic N) is 7. The van der Waals surface area contributed by atoms with Crippen molar-refractivity contribution in [2.45, 2.75) is 6.54 Å². The average Bonchev–Trinajstić information content (AvgIpc) is 3.21. The normalized spacial score (nSPS) is 11.3. The molecule has 12 heteroatoms. The predicted molar refractivity (Wildman–Crippen MR) is 89.4 cm³/mol. The lowest BCUT2D eigenvalue weighted by molar-refractivity contribution is -0.873. The van der Waals surface area contributed by atoms with Gasteiger partial charge in [-0.05, 0) is 28.0 Å². The van der Waals surface area contributed by atoms with Crippen LogP contribution in [0.25, 0.3) is 5.82 Å². The van der Waals surface area contributed by atoms with Crippen LogP contribution >= 0.6 is 0 Å². The van der Waals surface area contributed by atoms with Gasteiger partial charge in [0.1, 0.15) is 12.2 Å². The Bertz CT molecular complexity index is 915. The van der Waals surface area contributed by atoms with E-state index >= 15 is 0 Å². The van der Waals surface area contributed by atoms with Gasteiger partial charge in [0.25, 0.3) is 5.91 Å². The number of nitrogens with two attached hydrogens (primary N) is 1. The Kier molecular flexibility index (Phi) is 4.94. The summed E-state index contributed by atoms with van der Waals surface area (Å²) in [6.45, 7) is 0.441. The van der Waals surface area contributed by atoms with Crippen LogP contribution < -0.4 is 16.1 Å². The molecule has 4 N–H and O–H groups in total. The number of amides is 1. The third kappa shape index (κ3) is 3.70. The number of carbonyl (C=O) groups is 1. The van der Waals surface area contributed by atoms with Crippen LogP contribution in [0.4, 0.5) is 5.82 Å². The van der Waals surface area contributed by atoms with Gasteiger partial charge in [0.05, 0.1) is 20.3 Å². The minimum absolute atomic E-state index is 0.0487. The summed E-state index contributed by atoms with van der Waals surface area (Å²) in [7, 11) is 3.84. The summed E-state index contributed by atoms with van der Waals surface area (Å²) >= 11 is 0. The van der Waals surface area contributed by atoms with Crippen molar-refractivity contribution in [1.82, 2.24) is 35.7 Å². The van der Waals surface area contributed by atoms with Crippen molar-refractivity contribution in [2.75, 3.05) is 19.8 Å². The number of nitrogens with one attached hydrogen (secondary N) is 2. The number of hydrazone groups is 1. The number of nitrogen functional groups attached to an aromatic ring is 1. The smallest absolute Gasteiger partial charge is 0.294 e. The fraction of sp³-hybridized carbons (Fsp3) is 0.214. The minimum Gasteiger partial charge on any atom is -0.378 e. The molecule has 0 radical (unpaired) electrons. The van der Waals surface area contributed by atoms with E-state index in [2.05, 4.69) is 40.8 Å². The number of pyridine rings is 1. The van der Waals surface area contributed by atoms with Gasteiger partial charge in [0.15, 0.2) is 5.69 Å². The maximum absolute atomic E-state index is 12.5. The quantitative estimate of drug-likeness (QED) is 0.339. The van der Waals surface area contributed by atoms with Crippen molar-refractivity contribution >= 4 is 17.9 Å². The molecule has 0 aromatic carbocycles. The third-order valence-electron chi connectivity index (χ3n) is 3.28. The SMILES string of the molecule is C[NH+](C)Cc1c(C(=O)N/N=C\c2ccncc2)nnn1-c1nonc1N. The average molecular weight is 357 g/mol. The summed E-state index contributed by atoms with van der Waals surface area (Å²) in [6.07, 6.45) is 4.76. The largest absolute Gasteiger partial charge is 0.378 e. The standard InChI is InChI=1S/C14H16N10O2/c1-23(2)8-10-11(18-22-24(10)13-12(15)20-26-21-13)14(25)19-17-7-9-3-5-16-6-4-9/h3-7H,8H2,1-2H3,(H2,15,20)(H,19,25)/p+1/b17-7-. The molecule has 0 aliphatic rings. The van der Waals surface area contributed by atoms with Crippen molar-refractivity contribution in [3.63, 3.8) is 0 Å². The molecule has 0 saturated heterocycles. The first kappa shape index (κ1) is 17.2. The van der Waals surface area contributed by atoms with E-state index in [9.17, 15) is 4.79 Å². The third-order valence-corrected chi connectivity index (χ3v) is 3.28. The maximum atomic E-state index is 12.5. The lowest BCUT2D eigenvalue weighted by atomic mass is 10.3. The van der Waals surface area contributed by atoms with Crippen molar-refractivity contribution in [3.05, 3.63) is 41.5 Å². The second-order valence-corrected chi connectivity index (χ2v) is 5.63. The number of aromatic nitrogens is 6. The molecular weight excluding hydrogens is 340 g/mol. The first-order valence-corrected chi connectivity index (χ1v) is 7.61. The first-order chi connectivity index (χ1) is 12.6. The van der Waals surface area contributed by atoms with E-state index in [1.807, 2.05) is 14.1 Å². The van der Waals surface area contributed by atoms with Gasteiger partial charge in [0.2, 0.25) is 11.6 Å². The van der Waals surface area contributed by atoms with Gasteiger partial charge >= 0.3 is 0 Å². The lowest BCUT2D eigenvalue weighted by Gasteiger charge is -2.08. The molecule has 26 heavy (non-hydrogen) atoms. The molecule has 0 saturated carbocycles. The summed E-state index contributed by atoms with van der Waals surface area (Å²) in [6, 6.07) is 3.51. The van der Waals surface area contributed by atoms with Crippen LogP contribution in [-0.2, 0) is 6.54 Å². The summed E-state index contributed by atoms with van der Waals surface area (Å²) in [5.74, 6) is -0.284. The van der Waals surface area contributed by atoms with E-state index < -0.39 is 5.91 Å². The molecule has 3 aromatic rings. The minimum atomic E-state index is -0.507. The molecule has 3 rings (SSSR count). The van der Waals surface area contributed by atoms with E-state index in [-0.39, 0.29) is 17.3 Å². The van der Waals surface area contributed by atoms with Crippen LogP contribution in [0, 0.1) is 0 Å². The van der Waals surface area contributed by atoms with Crippen LogP contribution in [0.1, 0.15) is 21.7 Å². The van der Waals surface area contributed by atoms with Crippen LogP contribution in [0.3, 0.4) is 0 Å². The number of hydrogen-bond donors (Lipinski definition) is 3. The van der Waals surface area contributed by atoms with Gasteiger partial charge in [-0.15, -0.1) is 5.10 Å². The fourth-order valence-electron chi connectivity index (χ4n) is 2.15. The van der Waals surface area contributed by atoms with Crippen LogP contribution in [0.15, 0.2) is 34.3 Å². The molecule has 0 spiro atoms. The number of anilines is 1. The highest BCUT2D eigenvalue weighted by molar-refractivity contribution is 5.94. The molecule has 1 amide bonds. The van der Waals surface area contributed by atoms with E-state index in [1.165, 1.54) is 10.9 Å². The zero-order chi connectivity index (χ0) is 18.5. The molecule has 134 valence electrons. The van der Waals surface area contributed by atoms with Crippen molar-refractivity contribution < 1.29 is 14.3 Å². The van der Waals surface area contributed by atoms with Crippen LogP contribution in [0.5, 0.6) is 0 Å². The van der Waals surface area contributed by atoms with E-state index in [0.717, 1.165) is 10.5 Å².